The van der Waals surface area contributed by atoms with E-state index in [-0.39, 0.29) is 12.2 Å². The number of carboxylic acids is 1. The standard InChI is InChI=1S/C26H24O7/c1-31-21-11-9-20(10-12-21)26(30)23(15-25(29)33-17-24(27)28)19-7-13-22(14-8-19)32-16-18-5-3-2-4-6-18/h2-14,23H,15-17H2,1H3,(H,27,28). The van der Waals surface area contributed by atoms with Crippen LogP contribution in [0.1, 0.15) is 33.8 Å². The third kappa shape index (κ3) is 6.93. The van der Waals surface area contributed by atoms with Crippen LogP contribution in [0.5, 0.6) is 11.5 Å². The van der Waals surface area contributed by atoms with Gasteiger partial charge in [0, 0.05) is 5.56 Å². The maximum absolute atomic E-state index is 13.2. The van der Waals surface area contributed by atoms with Crippen molar-refractivity contribution in [3.05, 3.63) is 95.6 Å². The highest BCUT2D eigenvalue weighted by Gasteiger charge is 2.26. The van der Waals surface area contributed by atoms with E-state index in [1.165, 1.54) is 7.11 Å². The van der Waals surface area contributed by atoms with Gasteiger partial charge in [0.05, 0.1) is 19.4 Å². The molecule has 0 aliphatic rings. The second-order valence-electron chi connectivity index (χ2n) is 7.25. The normalized spacial score (nSPS) is 11.3. The number of hydrogen-bond acceptors (Lipinski definition) is 6. The van der Waals surface area contributed by atoms with Gasteiger partial charge in [0.25, 0.3) is 0 Å². The van der Waals surface area contributed by atoms with Crippen LogP contribution < -0.4 is 9.47 Å². The number of Topliss-reactive ketones (excluding diaryl/α,β-unsaturated/α-hetero) is 1. The lowest BCUT2D eigenvalue weighted by Crippen LogP contribution is -2.20. The number of carboxylic acid groups (broad SMARTS) is 1. The van der Waals surface area contributed by atoms with Crippen LogP contribution >= 0.6 is 0 Å². The lowest BCUT2D eigenvalue weighted by Gasteiger charge is -2.17. The van der Waals surface area contributed by atoms with Gasteiger partial charge < -0.3 is 19.3 Å². The van der Waals surface area contributed by atoms with Crippen LogP contribution in [0.2, 0.25) is 0 Å². The topological polar surface area (TPSA) is 99.1 Å². The van der Waals surface area contributed by atoms with Crippen LogP contribution in [0.4, 0.5) is 0 Å². The van der Waals surface area contributed by atoms with Crippen molar-refractivity contribution in [1.82, 2.24) is 0 Å². The van der Waals surface area contributed by atoms with Crippen molar-refractivity contribution in [3.8, 4) is 11.5 Å². The van der Waals surface area contributed by atoms with E-state index in [1.54, 1.807) is 48.5 Å². The molecule has 0 saturated heterocycles. The van der Waals surface area contributed by atoms with Gasteiger partial charge in [-0.2, -0.15) is 0 Å². The van der Waals surface area contributed by atoms with Gasteiger partial charge in [-0.1, -0.05) is 42.5 Å². The molecule has 0 amide bonds. The summed E-state index contributed by atoms with van der Waals surface area (Å²) < 4.78 is 15.7. The Morgan fingerprint density at radius 3 is 2.09 bits per heavy atom. The molecule has 3 rings (SSSR count). The van der Waals surface area contributed by atoms with Crippen molar-refractivity contribution in [1.29, 1.82) is 0 Å². The first kappa shape index (κ1) is 23.5. The zero-order valence-electron chi connectivity index (χ0n) is 18.1. The fourth-order valence-corrected chi connectivity index (χ4v) is 3.22. The van der Waals surface area contributed by atoms with Crippen LogP contribution in [0, 0.1) is 0 Å². The van der Waals surface area contributed by atoms with E-state index in [1.807, 2.05) is 30.3 Å². The summed E-state index contributed by atoms with van der Waals surface area (Å²) in [5.74, 6) is -1.95. The van der Waals surface area contributed by atoms with Gasteiger partial charge in [0.1, 0.15) is 18.1 Å². The molecule has 0 fully saturated rings. The van der Waals surface area contributed by atoms with E-state index in [2.05, 4.69) is 0 Å². The highest BCUT2D eigenvalue weighted by Crippen LogP contribution is 2.28. The van der Waals surface area contributed by atoms with E-state index in [0.29, 0.717) is 29.2 Å². The number of hydrogen-bond donors (Lipinski definition) is 1. The van der Waals surface area contributed by atoms with Gasteiger partial charge in [0.15, 0.2) is 12.4 Å². The summed E-state index contributed by atoms with van der Waals surface area (Å²) in [6, 6.07) is 23.2. The molecule has 0 aliphatic carbocycles. The zero-order valence-corrected chi connectivity index (χ0v) is 18.1. The first-order valence-electron chi connectivity index (χ1n) is 10.3. The van der Waals surface area contributed by atoms with E-state index in [9.17, 15) is 14.4 Å². The first-order valence-corrected chi connectivity index (χ1v) is 10.3. The summed E-state index contributed by atoms with van der Waals surface area (Å²) in [4.78, 5) is 36.1. The van der Waals surface area contributed by atoms with Crippen LogP contribution in [0.15, 0.2) is 78.9 Å². The Morgan fingerprint density at radius 2 is 1.48 bits per heavy atom. The summed E-state index contributed by atoms with van der Waals surface area (Å²) in [6.07, 6.45) is -0.289. The maximum Gasteiger partial charge on any atom is 0.341 e. The largest absolute Gasteiger partial charge is 0.497 e. The number of rotatable bonds is 11. The molecule has 7 nitrogen and oxygen atoms in total. The minimum absolute atomic E-state index is 0.289. The van der Waals surface area contributed by atoms with Crippen LogP contribution in [-0.4, -0.2) is 36.5 Å². The summed E-state index contributed by atoms with van der Waals surface area (Å²) in [6.45, 7) is -0.357. The average molecular weight is 448 g/mol. The monoisotopic (exact) mass is 448 g/mol. The molecular weight excluding hydrogens is 424 g/mol. The molecule has 3 aromatic rings. The van der Waals surface area contributed by atoms with Crippen LogP contribution in [0.25, 0.3) is 0 Å². The highest BCUT2D eigenvalue weighted by molar-refractivity contribution is 6.02. The second kappa shape index (κ2) is 11.5. The molecule has 1 N–H and O–H groups in total. The third-order valence-electron chi connectivity index (χ3n) is 4.95. The number of ketones is 1. The number of benzene rings is 3. The van der Waals surface area contributed by atoms with Crippen molar-refractivity contribution in [2.45, 2.75) is 18.9 Å². The van der Waals surface area contributed by atoms with Gasteiger partial charge in [-0.3, -0.25) is 9.59 Å². The van der Waals surface area contributed by atoms with Crippen LogP contribution in [-0.2, 0) is 20.9 Å². The molecule has 0 spiro atoms. The predicted octanol–water partition coefficient (Wildman–Crippen LogP) is 4.26. The Bertz CT molecular complexity index is 1070. The molecule has 0 heterocycles. The van der Waals surface area contributed by atoms with E-state index in [0.717, 1.165) is 5.56 Å². The maximum atomic E-state index is 13.2. The Labute approximate surface area is 191 Å². The molecule has 1 atom stereocenters. The zero-order chi connectivity index (χ0) is 23.6. The fourth-order valence-electron chi connectivity index (χ4n) is 3.22. The van der Waals surface area contributed by atoms with E-state index < -0.39 is 24.5 Å². The Morgan fingerprint density at radius 1 is 0.848 bits per heavy atom. The summed E-state index contributed by atoms with van der Waals surface area (Å²) >= 11 is 0. The number of esters is 1. The lowest BCUT2D eigenvalue weighted by atomic mass is 9.88. The summed E-state index contributed by atoms with van der Waals surface area (Å²) in [5.41, 5.74) is 2.02. The number of methoxy groups -OCH3 is 1. The van der Waals surface area contributed by atoms with Crippen molar-refractivity contribution in [2.75, 3.05) is 13.7 Å². The molecule has 170 valence electrons. The molecule has 33 heavy (non-hydrogen) atoms. The van der Waals surface area contributed by atoms with E-state index >= 15 is 0 Å². The summed E-state index contributed by atoms with van der Waals surface area (Å²) in [7, 11) is 1.53. The summed E-state index contributed by atoms with van der Waals surface area (Å²) in [5, 5.41) is 8.74. The van der Waals surface area contributed by atoms with Crippen LogP contribution in [0.3, 0.4) is 0 Å². The Balaban J connectivity index is 1.77. The Hall–Kier alpha value is -4.13. The number of carbonyl (C=O) groups is 3. The fraction of sp³-hybridized carbons (Fsp3) is 0.192. The molecule has 0 aromatic heterocycles. The van der Waals surface area contributed by atoms with Crippen molar-refractivity contribution < 1.29 is 33.7 Å². The van der Waals surface area contributed by atoms with Crippen molar-refractivity contribution in [2.24, 2.45) is 0 Å². The molecule has 0 radical (unpaired) electrons. The number of aliphatic carboxylic acids is 1. The smallest absolute Gasteiger partial charge is 0.341 e. The lowest BCUT2D eigenvalue weighted by molar-refractivity contribution is -0.155. The SMILES string of the molecule is COc1ccc(C(=O)C(CC(=O)OCC(=O)O)c2ccc(OCc3ccccc3)cc2)cc1. The minimum atomic E-state index is -1.26. The van der Waals surface area contributed by atoms with Gasteiger partial charge in [-0.25, -0.2) is 4.79 Å². The predicted molar refractivity (Wildman–Crippen MR) is 120 cm³/mol. The molecular formula is C26H24O7. The van der Waals surface area contributed by atoms with Crippen molar-refractivity contribution in [3.63, 3.8) is 0 Å². The highest BCUT2D eigenvalue weighted by atomic mass is 16.5. The first-order chi connectivity index (χ1) is 16.0. The molecule has 0 aliphatic heterocycles. The number of carbonyl (C=O) groups excluding carboxylic acids is 2. The Kier molecular flexibility index (Phi) is 8.18. The molecule has 0 bridgehead atoms. The quantitative estimate of drug-likeness (QED) is 0.346. The third-order valence-corrected chi connectivity index (χ3v) is 4.95. The molecule has 7 heteroatoms. The minimum Gasteiger partial charge on any atom is -0.497 e. The molecule has 3 aromatic carbocycles. The van der Waals surface area contributed by atoms with Crippen molar-refractivity contribution >= 4 is 17.7 Å². The van der Waals surface area contributed by atoms with Gasteiger partial charge in [0.2, 0.25) is 0 Å². The molecule has 1 unspecified atom stereocenters. The average Bonchev–Trinajstić information content (AvgIpc) is 2.85. The second-order valence-corrected chi connectivity index (χ2v) is 7.25. The van der Waals surface area contributed by atoms with E-state index in [4.69, 9.17) is 19.3 Å². The van der Waals surface area contributed by atoms with Gasteiger partial charge >= 0.3 is 11.9 Å². The number of ether oxygens (including phenoxy) is 3. The van der Waals surface area contributed by atoms with Gasteiger partial charge in [-0.05, 0) is 47.5 Å². The molecule has 0 saturated carbocycles. The van der Waals surface area contributed by atoms with Gasteiger partial charge in [-0.15, -0.1) is 0 Å².